The minimum Gasteiger partial charge on any atom is -0.504 e. The molecule has 2 aromatic carbocycles. The number of aromatic hydroxyl groups is 1. The molecule has 3 aromatic rings. The quantitative estimate of drug-likeness (QED) is 0.327. The maximum absolute atomic E-state index is 11.5. The van der Waals surface area contributed by atoms with E-state index in [1.807, 2.05) is 18.2 Å². The normalized spacial score (nSPS) is 17.8. The van der Waals surface area contributed by atoms with E-state index in [9.17, 15) is 15.0 Å². The number of ether oxygens (including phenoxy) is 1. The van der Waals surface area contributed by atoms with Crippen molar-refractivity contribution in [3.05, 3.63) is 54.6 Å². The zero-order chi connectivity index (χ0) is 24.1. The number of nitrogens with zero attached hydrogens (tertiary/aromatic N) is 1. The van der Waals surface area contributed by atoms with Crippen molar-refractivity contribution in [2.75, 3.05) is 18.2 Å². The highest BCUT2D eigenvalue weighted by molar-refractivity contribution is 7.99. The van der Waals surface area contributed by atoms with Crippen molar-refractivity contribution in [1.82, 2.24) is 4.98 Å². The number of anilines is 1. The highest BCUT2D eigenvalue weighted by Gasteiger charge is 2.27. The van der Waals surface area contributed by atoms with Crippen LogP contribution in [0.4, 0.5) is 5.82 Å². The Morgan fingerprint density at radius 2 is 1.85 bits per heavy atom. The number of hydrogen-bond donors (Lipinski definition) is 3. The second-order valence-electron chi connectivity index (χ2n) is 8.51. The zero-order valence-corrected chi connectivity index (χ0v) is 20.3. The van der Waals surface area contributed by atoms with Gasteiger partial charge in [-0.15, -0.1) is 11.8 Å². The molecule has 178 valence electrons. The molecule has 3 N–H and O–H groups in total. The molecule has 1 heterocycles. The molecule has 0 spiro atoms. The summed E-state index contributed by atoms with van der Waals surface area (Å²) in [6, 6.07) is 17.8. The average molecular weight is 479 g/mol. The van der Waals surface area contributed by atoms with Crippen LogP contribution in [0.15, 0.2) is 59.5 Å². The van der Waals surface area contributed by atoms with Crippen molar-refractivity contribution in [1.29, 1.82) is 0 Å². The lowest BCUT2D eigenvalue weighted by Gasteiger charge is -2.28. The Morgan fingerprint density at radius 1 is 1.09 bits per heavy atom. The minimum absolute atomic E-state index is 0.0585. The molecular weight excluding hydrogens is 448 g/mol. The SMILES string of the molecule is CCSc1ccc(-c2cc(NC3CCCC(C(=O)O)C3)nc(-c3ccc(O)c(OC)c3)c2)cc1. The molecule has 1 aliphatic carbocycles. The topological polar surface area (TPSA) is 91.7 Å². The van der Waals surface area contributed by atoms with Crippen LogP contribution in [0.25, 0.3) is 22.4 Å². The molecule has 0 bridgehead atoms. The number of methoxy groups -OCH3 is 1. The van der Waals surface area contributed by atoms with Crippen molar-refractivity contribution in [2.24, 2.45) is 5.92 Å². The monoisotopic (exact) mass is 478 g/mol. The van der Waals surface area contributed by atoms with Crippen LogP contribution in [0, 0.1) is 5.92 Å². The van der Waals surface area contributed by atoms with Crippen LogP contribution in [-0.4, -0.2) is 40.1 Å². The second-order valence-corrected chi connectivity index (χ2v) is 9.85. The largest absolute Gasteiger partial charge is 0.504 e. The first kappa shape index (κ1) is 24.0. The lowest BCUT2D eigenvalue weighted by atomic mass is 9.86. The standard InChI is InChI=1S/C27H30N2O4S/c1-3-34-22-10-7-17(8-11-22)20-14-23(18-9-12-24(30)25(15-18)33-2)29-26(16-20)28-21-6-4-5-19(13-21)27(31)32/h7-12,14-16,19,21,30H,3-6,13H2,1-2H3,(H,28,29)(H,31,32). The van der Waals surface area contributed by atoms with Gasteiger partial charge in [0.2, 0.25) is 0 Å². The number of thioether (sulfide) groups is 1. The summed E-state index contributed by atoms with van der Waals surface area (Å²) in [5, 5.41) is 23.0. The Morgan fingerprint density at radius 3 is 2.56 bits per heavy atom. The Balaban J connectivity index is 1.71. The number of phenols is 1. The number of pyridine rings is 1. The fourth-order valence-electron chi connectivity index (χ4n) is 4.42. The Kier molecular flexibility index (Phi) is 7.63. The van der Waals surface area contributed by atoms with Crippen molar-refractivity contribution in [2.45, 2.75) is 43.5 Å². The Labute approximate surface area is 204 Å². The van der Waals surface area contributed by atoms with Crippen LogP contribution < -0.4 is 10.1 Å². The van der Waals surface area contributed by atoms with Gasteiger partial charge in [-0.05, 0) is 78.6 Å². The molecule has 1 aliphatic rings. The zero-order valence-electron chi connectivity index (χ0n) is 19.5. The molecule has 0 radical (unpaired) electrons. The molecule has 0 aliphatic heterocycles. The number of benzene rings is 2. The van der Waals surface area contributed by atoms with Crippen LogP contribution in [0.1, 0.15) is 32.6 Å². The van der Waals surface area contributed by atoms with Crippen molar-refractivity contribution >= 4 is 23.5 Å². The number of aliphatic carboxylic acids is 1. The van der Waals surface area contributed by atoms with E-state index in [4.69, 9.17) is 9.72 Å². The van der Waals surface area contributed by atoms with Gasteiger partial charge in [0.25, 0.3) is 0 Å². The molecule has 1 aromatic heterocycles. The molecule has 6 nitrogen and oxygen atoms in total. The van der Waals surface area contributed by atoms with Gasteiger partial charge in [-0.3, -0.25) is 4.79 Å². The van der Waals surface area contributed by atoms with Crippen molar-refractivity contribution in [3.8, 4) is 33.9 Å². The number of nitrogens with one attached hydrogen (secondary N) is 1. The third kappa shape index (κ3) is 5.65. The summed E-state index contributed by atoms with van der Waals surface area (Å²) in [6.45, 7) is 2.14. The number of aromatic nitrogens is 1. The van der Waals surface area contributed by atoms with Crippen LogP contribution in [0.2, 0.25) is 0 Å². The average Bonchev–Trinajstić information content (AvgIpc) is 2.85. The molecule has 2 unspecified atom stereocenters. The summed E-state index contributed by atoms with van der Waals surface area (Å²) in [7, 11) is 1.52. The summed E-state index contributed by atoms with van der Waals surface area (Å²) in [4.78, 5) is 17.6. The number of carbonyl (C=O) groups is 1. The first-order chi connectivity index (χ1) is 16.5. The van der Waals surface area contributed by atoms with Crippen LogP contribution in [0.5, 0.6) is 11.5 Å². The van der Waals surface area contributed by atoms with E-state index < -0.39 is 5.97 Å². The third-order valence-corrected chi connectivity index (χ3v) is 7.07. The van der Waals surface area contributed by atoms with Crippen LogP contribution in [-0.2, 0) is 4.79 Å². The van der Waals surface area contributed by atoms with Gasteiger partial charge >= 0.3 is 5.97 Å². The number of rotatable bonds is 8. The summed E-state index contributed by atoms with van der Waals surface area (Å²) in [5.41, 5.74) is 3.66. The number of hydrogen-bond acceptors (Lipinski definition) is 6. The van der Waals surface area contributed by atoms with Gasteiger partial charge in [0, 0.05) is 16.5 Å². The molecule has 0 amide bonds. The van der Waals surface area contributed by atoms with E-state index in [1.165, 1.54) is 12.0 Å². The van der Waals surface area contributed by atoms with Gasteiger partial charge in [-0.1, -0.05) is 25.5 Å². The minimum atomic E-state index is -0.727. The highest BCUT2D eigenvalue weighted by Crippen LogP contribution is 2.35. The lowest BCUT2D eigenvalue weighted by molar-refractivity contribution is -0.142. The van der Waals surface area contributed by atoms with Crippen molar-refractivity contribution in [3.63, 3.8) is 0 Å². The fourth-order valence-corrected chi connectivity index (χ4v) is 5.08. The molecular formula is C27H30N2O4S. The van der Waals surface area contributed by atoms with E-state index in [-0.39, 0.29) is 17.7 Å². The van der Waals surface area contributed by atoms with Crippen LogP contribution in [0.3, 0.4) is 0 Å². The molecule has 34 heavy (non-hydrogen) atoms. The summed E-state index contributed by atoms with van der Waals surface area (Å²) in [5.74, 6) is 1.15. The second kappa shape index (κ2) is 10.8. The number of phenolic OH excluding ortho intramolecular Hbond substituents is 1. The van der Waals surface area contributed by atoms with E-state index >= 15 is 0 Å². The van der Waals surface area contributed by atoms with E-state index in [1.54, 1.807) is 23.9 Å². The molecule has 1 fully saturated rings. The first-order valence-corrected chi connectivity index (χ1v) is 12.6. The predicted octanol–water partition coefficient (Wildman–Crippen LogP) is 6.30. The van der Waals surface area contributed by atoms with E-state index in [0.717, 1.165) is 47.4 Å². The summed E-state index contributed by atoms with van der Waals surface area (Å²) < 4.78 is 5.29. The molecule has 4 rings (SSSR count). The Hall–Kier alpha value is -3.19. The van der Waals surface area contributed by atoms with Gasteiger partial charge in [0.1, 0.15) is 5.82 Å². The molecule has 2 atom stereocenters. The smallest absolute Gasteiger partial charge is 0.306 e. The fraction of sp³-hybridized carbons (Fsp3) is 0.333. The number of carboxylic acids is 1. The molecule has 0 saturated heterocycles. The van der Waals surface area contributed by atoms with Crippen molar-refractivity contribution < 1.29 is 19.7 Å². The van der Waals surface area contributed by atoms with Crippen LogP contribution >= 0.6 is 11.8 Å². The van der Waals surface area contributed by atoms with Gasteiger partial charge in [0.05, 0.1) is 18.7 Å². The molecule has 1 saturated carbocycles. The Bertz CT molecular complexity index is 1150. The maximum Gasteiger partial charge on any atom is 0.306 e. The van der Waals surface area contributed by atoms with E-state index in [0.29, 0.717) is 18.0 Å². The van der Waals surface area contributed by atoms with Gasteiger partial charge in [-0.25, -0.2) is 4.98 Å². The highest BCUT2D eigenvalue weighted by atomic mass is 32.2. The summed E-state index contributed by atoms with van der Waals surface area (Å²) >= 11 is 1.80. The van der Waals surface area contributed by atoms with Gasteiger partial charge in [-0.2, -0.15) is 0 Å². The first-order valence-electron chi connectivity index (χ1n) is 11.6. The maximum atomic E-state index is 11.5. The summed E-state index contributed by atoms with van der Waals surface area (Å²) in [6.07, 6.45) is 3.11. The number of carboxylic acid groups (broad SMARTS) is 1. The van der Waals surface area contributed by atoms with Gasteiger partial charge < -0.3 is 20.3 Å². The third-order valence-electron chi connectivity index (χ3n) is 6.17. The predicted molar refractivity (Wildman–Crippen MR) is 137 cm³/mol. The lowest BCUT2D eigenvalue weighted by Crippen LogP contribution is -2.31. The van der Waals surface area contributed by atoms with Gasteiger partial charge in [0.15, 0.2) is 11.5 Å². The molecule has 7 heteroatoms. The van der Waals surface area contributed by atoms with E-state index in [2.05, 4.69) is 36.5 Å².